The molecule has 0 aromatic rings. The van der Waals surface area contributed by atoms with Crippen molar-refractivity contribution in [3.05, 3.63) is 0 Å². The van der Waals surface area contributed by atoms with Crippen molar-refractivity contribution in [2.75, 3.05) is 13.2 Å². The summed E-state index contributed by atoms with van der Waals surface area (Å²) in [5.74, 6) is 0.371. The van der Waals surface area contributed by atoms with Crippen molar-refractivity contribution in [2.24, 2.45) is 5.92 Å². The van der Waals surface area contributed by atoms with E-state index in [2.05, 4.69) is 13.8 Å². The highest BCUT2D eigenvalue weighted by Gasteiger charge is 2.33. The predicted molar refractivity (Wildman–Crippen MR) is 63.2 cm³/mol. The lowest BCUT2D eigenvalue weighted by atomic mass is 9.97. The van der Waals surface area contributed by atoms with Crippen molar-refractivity contribution in [1.82, 2.24) is 0 Å². The van der Waals surface area contributed by atoms with Gasteiger partial charge in [-0.2, -0.15) is 0 Å². The maximum Gasteiger partial charge on any atom is 0.337 e. The van der Waals surface area contributed by atoms with Gasteiger partial charge >= 0.3 is 5.97 Å². The van der Waals surface area contributed by atoms with E-state index < -0.39 is 0 Å². The van der Waals surface area contributed by atoms with Gasteiger partial charge in [0.15, 0.2) is 6.10 Å². The maximum atomic E-state index is 11.3. The second-order valence-electron chi connectivity index (χ2n) is 4.60. The van der Waals surface area contributed by atoms with Gasteiger partial charge in [0.05, 0.1) is 13.2 Å². The third kappa shape index (κ3) is 5.50. The zero-order chi connectivity index (χ0) is 11.8. The summed E-state index contributed by atoms with van der Waals surface area (Å²) in [5.41, 5.74) is 0. The molecule has 1 fully saturated rings. The highest BCUT2D eigenvalue weighted by Crippen LogP contribution is 2.18. The van der Waals surface area contributed by atoms with E-state index in [4.69, 9.17) is 9.47 Å². The van der Waals surface area contributed by atoms with Crippen molar-refractivity contribution >= 4 is 5.97 Å². The molecule has 1 aliphatic heterocycles. The second-order valence-corrected chi connectivity index (χ2v) is 4.60. The van der Waals surface area contributed by atoms with E-state index in [0.717, 1.165) is 12.8 Å². The fourth-order valence-corrected chi connectivity index (χ4v) is 1.88. The van der Waals surface area contributed by atoms with Gasteiger partial charge in [-0.15, -0.1) is 0 Å². The Labute approximate surface area is 98.5 Å². The van der Waals surface area contributed by atoms with Gasteiger partial charge in [0.2, 0.25) is 0 Å². The largest absolute Gasteiger partial charge is 0.463 e. The molecule has 2 unspecified atom stereocenters. The zero-order valence-corrected chi connectivity index (χ0v) is 10.5. The molecular weight excluding hydrogens is 204 g/mol. The SMILES string of the molecule is CCCCCC(CCC)COC(=O)C1CO1. The molecule has 0 amide bonds. The smallest absolute Gasteiger partial charge is 0.337 e. The van der Waals surface area contributed by atoms with E-state index in [1.54, 1.807) is 0 Å². The first kappa shape index (κ1) is 13.5. The van der Waals surface area contributed by atoms with Gasteiger partial charge in [0.1, 0.15) is 0 Å². The number of epoxide rings is 1. The molecule has 0 aromatic carbocycles. The van der Waals surface area contributed by atoms with E-state index in [9.17, 15) is 4.79 Å². The van der Waals surface area contributed by atoms with Crippen molar-refractivity contribution in [2.45, 2.75) is 58.5 Å². The van der Waals surface area contributed by atoms with Crippen LogP contribution in [-0.2, 0) is 14.3 Å². The summed E-state index contributed by atoms with van der Waals surface area (Å²) in [5, 5.41) is 0. The van der Waals surface area contributed by atoms with E-state index in [0.29, 0.717) is 19.1 Å². The normalized spacial score (nSPS) is 20.5. The first-order valence-electron chi connectivity index (χ1n) is 6.56. The summed E-state index contributed by atoms with van der Waals surface area (Å²) in [6.45, 7) is 5.52. The van der Waals surface area contributed by atoms with E-state index >= 15 is 0 Å². The molecule has 0 bridgehead atoms. The summed E-state index contributed by atoms with van der Waals surface area (Å²) < 4.78 is 10.1. The average molecular weight is 228 g/mol. The van der Waals surface area contributed by atoms with Crippen molar-refractivity contribution in [3.8, 4) is 0 Å². The highest BCUT2D eigenvalue weighted by molar-refractivity contribution is 5.76. The van der Waals surface area contributed by atoms with Crippen LogP contribution in [-0.4, -0.2) is 25.3 Å². The Hall–Kier alpha value is -0.570. The van der Waals surface area contributed by atoms with Gasteiger partial charge < -0.3 is 9.47 Å². The first-order valence-corrected chi connectivity index (χ1v) is 6.56. The number of carbonyl (C=O) groups excluding carboxylic acids is 1. The number of carbonyl (C=O) groups is 1. The van der Waals surface area contributed by atoms with Crippen molar-refractivity contribution < 1.29 is 14.3 Å². The average Bonchev–Trinajstić information content (AvgIpc) is 3.09. The molecule has 1 saturated heterocycles. The number of hydrogen-bond acceptors (Lipinski definition) is 3. The number of hydrogen-bond donors (Lipinski definition) is 0. The maximum absolute atomic E-state index is 11.3. The Morgan fingerprint density at radius 2 is 2.06 bits per heavy atom. The third-order valence-corrected chi connectivity index (χ3v) is 2.97. The second kappa shape index (κ2) is 7.66. The molecule has 0 aliphatic carbocycles. The molecule has 0 aromatic heterocycles. The lowest BCUT2D eigenvalue weighted by Gasteiger charge is -2.15. The van der Waals surface area contributed by atoms with Gasteiger partial charge in [0.25, 0.3) is 0 Å². The fraction of sp³-hybridized carbons (Fsp3) is 0.923. The molecule has 3 nitrogen and oxygen atoms in total. The number of rotatable bonds is 9. The molecular formula is C13H24O3. The molecule has 0 radical (unpaired) electrons. The standard InChI is InChI=1S/C13H24O3/c1-3-5-6-8-11(7-4-2)9-16-13(14)12-10-15-12/h11-12H,3-10H2,1-2H3. The third-order valence-electron chi connectivity index (χ3n) is 2.97. The topological polar surface area (TPSA) is 38.8 Å². The summed E-state index contributed by atoms with van der Waals surface area (Å²) in [4.78, 5) is 11.3. The first-order chi connectivity index (χ1) is 7.77. The van der Waals surface area contributed by atoms with Crippen LogP contribution in [0, 0.1) is 5.92 Å². The Morgan fingerprint density at radius 3 is 2.62 bits per heavy atom. The molecule has 1 rings (SSSR count). The van der Waals surface area contributed by atoms with Crippen LogP contribution in [0.1, 0.15) is 52.4 Å². The van der Waals surface area contributed by atoms with Crippen LogP contribution < -0.4 is 0 Å². The molecule has 1 aliphatic rings. The molecule has 94 valence electrons. The minimum absolute atomic E-state index is 0.170. The Balaban J connectivity index is 2.12. The molecule has 0 spiro atoms. The number of ether oxygens (including phenoxy) is 2. The van der Waals surface area contributed by atoms with Gasteiger partial charge in [-0.25, -0.2) is 4.79 Å². The molecule has 3 heteroatoms. The van der Waals surface area contributed by atoms with Gasteiger partial charge in [-0.1, -0.05) is 39.5 Å². The Kier molecular flexibility index (Phi) is 6.46. The van der Waals surface area contributed by atoms with Crippen LogP contribution in [0.2, 0.25) is 0 Å². The zero-order valence-electron chi connectivity index (χ0n) is 10.5. The minimum atomic E-state index is -0.252. The quantitative estimate of drug-likeness (QED) is 0.346. The molecule has 0 N–H and O–H groups in total. The van der Waals surface area contributed by atoms with E-state index in [1.807, 2.05) is 0 Å². The molecule has 2 atom stereocenters. The molecule has 1 heterocycles. The fourth-order valence-electron chi connectivity index (χ4n) is 1.88. The summed E-state index contributed by atoms with van der Waals surface area (Å²) >= 11 is 0. The predicted octanol–water partition coefficient (Wildman–Crippen LogP) is 2.93. The molecule has 16 heavy (non-hydrogen) atoms. The van der Waals surface area contributed by atoms with E-state index in [1.165, 1.54) is 25.7 Å². The van der Waals surface area contributed by atoms with Crippen molar-refractivity contribution in [3.63, 3.8) is 0 Å². The van der Waals surface area contributed by atoms with Crippen LogP contribution >= 0.6 is 0 Å². The summed E-state index contributed by atoms with van der Waals surface area (Å²) in [7, 11) is 0. The van der Waals surface area contributed by atoms with Crippen LogP contribution in [0.4, 0.5) is 0 Å². The highest BCUT2D eigenvalue weighted by atomic mass is 16.6. The van der Waals surface area contributed by atoms with Gasteiger partial charge in [0, 0.05) is 0 Å². The van der Waals surface area contributed by atoms with Crippen molar-refractivity contribution in [1.29, 1.82) is 0 Å². The molecule has 0 saturated carbocycles. The Morgan fingerprint density at radius 1 is 1.31 bits per heavy atom. The summed E-state index contributed by atoms with van der Waals surface area (Å²) in [6.07, 6.45) is 7.02. The number of esters is 1. The Bertz CT molecular complexity index is 199. The van der Waals surface area contributed by atoms with E-state index in [-0.39, 0.29) is 12.1 Å². The van der Waals surface area contributed by atoms with Gasteiger partial charge in [-0.05, 0) is 18.8 Å². The summed E-state index contributed by atoms with van der Waals surface area (Å²) in [6, 6.07) is 0. The number of unbranched alkanes of at least 4 members (excludes halogenated alkanes) is 2. The lowest BCUT2D eigenvalue weighted by molar-refractivity contribution is -0.146. The van der Waals surface area contributed by atoms with Crippen LogP contribution in [0.3, 0.4) is 0 Å². The minimum Gasteiger partial charge on any atom is -0.463 e. The monoisotopic (exact) mass is 228 g/mol. The van der Waals surface area contributed by atoms with Crippen LogP contribution in [0.5, 0.6) is 0 Å². The lowest BCUT2D eigenvalue weighted by Crippen LogP contribution is -2.18. The van der Waals surface area contributed by atoms with Gasteiger partial charge in [-0.3, -0.25) is 0 Å². The van der Waals surface area contributed by atoms with Crippen LogP contribution in [0.25, 0.3) is 0 Å². The van der Waals surface area contributed by atoms with Crippen LogP contribution in [0.15, 0.2) is 0 Å².